The van der Waals surface area contributed by atoms with Crippen LogP contribution in [0, 0.1) is 0 Å². The molecule has 0 saturated heterocycles. The Bertz CT molecular complexity index is 502. The minimum atomic E-state index is 0.301. The molecule has 0 fully saturated rings. The zero-order chi connectivity index (χ0) is 12.8. The fourth-order valence-electron chi connectivity index (χ4n) is 1.70. The van der Waals surface area contributed by atoms with Gasteiger partial charge in [0.05, 0.1) is 0 Å². The minimum absolute atomic E-state index is 0.301. The topological polar surface area (TPSA) is 12.0 Å². The Morgan fingerprint density at radius 3 is 2.33 bits per heavy atom. The maximum absolute atomic E-state index is 5.84. The first-order valence-electron chi connectivity index (χ1n) is 5.99. The third-order valence-corrected chi connectivity index (χ3v) is 3.04. The van der Waals surface area contributed by atoms with Gasteiger partial charge in [-0.2, -0.15) is 0 Å². The van der Waals surface area contributed by atoms with E-state index < -0.39 is 0 Å². The quantitative estimate of drug-likeness (QED) is 0.840. The lowest BCUT2D eigenvalue weighted by atomic mass is 10.1. The lowest BCUT2D eigenvalue weighted by Gasteiger charge is -2.11. The van der Waals surface area contributed by atoms with Crippen molar-refractivity contribution in [1.82, 2.24) is 5.32 Å². The van der Waals surface area contributed by atoms with Crippen molar-refractivity contribution < 1.29 is 0 Å². The first kappa shape index (κ1) is 12.7. The molecule has 0 saturated carbocycles. The average molecular weight is 258 g/mol. The van der Waals surface area contributed by atoms with Crippen LogP contribution in [0.5, 0.6) is 0 Å². The molecule has 0 radical (unpaired) electrons. The fourth-order valence-corrected chi connectivity index (χ4v) is 1.83. The molecule has 0 heterocycles. The summed E-state index contributed by atoms with van der Waals surface area (Å²) in [5.41, 5.74) is 2.41. The largest absolute Gasteiger partial charge is 0.384 e. The third-order valence-electron chi connectivity index (χ3n) is 2.79. The molecule has 2 heteroatoms. The Morgan fingerprint density at radius 1 is 1.00 bits per heavy atom. The second-order valence-corrected chi connectivity index (χ2v) is 4.62. The molecule has 0 aliphatic heterocycles. The summed E-state index contributed by atoms with van der Waals surface area (Å²) in [5, 5.41) is 4.11. The van der Waals surface area contributed by atoms with Gasteiger partial charge in [0.2, 0.25) is 0 Å². The van der Waals surface area contributed by atoms with Crippen LogP contribution in [0.1, 0.15) is 24.1 Å². The van der Waals surface area contributed by atoms with Gasteiger partial charge in [-0.3, -0.25) is 0 Å². The molecule has 0 bridgehead atoms. The van der Waals surface area contributed by atoms with E-state index in [1.165, 1.54) is 5.56 Å². The number of rotatable bonds is 4. The normalized spacial score (nSPS) is 12.6. The van der Waals surface area contributed by atoms with E-state index in [-0.39, 0.29) is 0 Å². The van der Waals surface area contributed by atoms with Gasteiger partial charge in [0.15, 0.2) is 0 Å². The number of benzene rings is 2. The summed E-state index contributed by atoms with van der Waals surface area (Å²) < 4.78 is 0. The summed E-state index contributed by atoms with van der Waals surface area (Å²) in [5.74, 6) is 0. The molecule has 0 amide bonds. The van der Waals surface area contributed by atoms with E-state index in [9.17, 15) is 0 Å². The monoisotopic (exact) mass is 257 g/mol. The Balaban J connectivity index is 1.93. The highest BCUT2D eigenvalue weighted by molar-refractivity contribution is 6.30. The summed E-state index contributed by atoms with van der Waals surface area (Å²) in [6.45, 7) is 2.14. The highest BCUT2D eigenvalue weighted by atomic mass is 35.5. The SMILES string of the molecule is C[C@@H](N/C=C/c1ccc(Cl)cc1)c1ccccc1. The van der Waals surface area contributed by atoms with Crippen molar-refractivity contribution in [3.05, 3.63) is 76.9 Å². The molecule has 0 aromatic heterocycles. The molecular weight excluding hydrogens is 242 g/mol. The van der Waals surface area contributed by atoms with Gasteiger partial charge >= 0.3 is 0 Å². The van der Waals surface area contributed by atoms with E-state index in [0.29, 0.717) is 6.04 Å². The summed E-state index contributed by atoms with van der Waals surface area (Å²) in [4.78, 5) is 0. The molecule has 18 heavy (non-hydrogen) atoms. The van der Waals surface area contributed by atoms with Gasteiger partial charge in [-0.05, 0) is 42.5 Å². The first-order chi connectivity index (χ1) is 8.75. The molecule has 1 nitrogen and oxygen atoms in total. The second-order valence-electron chi connectivity index (χ2n) is 4.18. The highest BCUT2D eigenvalue weighted by Crippen LogP contribution is 2.12. The van der Waals surface area contributed by atoms with Crippen LogP contribution in [0.15, 0.2) is 60.8 Å². The van der Waals surface area contributed by atoms with Crippen molar-refractivity contribution in [2.45, 2.75) is 13.0 Å². The van der Waals surface area contributed by atoms with Gasteiger partial charge < -0.3 is 5.32 Å². The Labute approximate surface area is 113 Å². The molecule has 1 N–H and O–H groups in total. The fraction of sp³-hybridized carbons (Fsp3) is 0.125. The van der Waals surface area contributed by atoms with Gasteiger partial charge in [0.25, 0.3) is 0 Å². The van der Waals surface area contributed by atoms with Crippen LogP contribution in [-0.2, 0) is 0 Å². The molecular formula is C16H16ClN. The van der Waals surface area contributed by atoms with Crippen molar-refractivity contribution in [2.75, 3.05) is 0 Å². The van der Waals surface area contributed by atoms with Crippen LogP contribution in [0.2, 0.25) is 5.02 Å². The molecule has 0 spiro atoms. The number of nitrogens with one attached hydrogen (secondary N) is 1. The Kier molecular flexibility index (Phi) is 4.43. The average Bonchev–Trinajstić information content (AvgIpc) is 2.42. The van der Waals surface area contributed by atoms with Crippen LogP contribution < -0.4 is 5.32 Å². The highest BCUT2D eigenvalue weighted by Gasteiger charge is 1.99. The lowest BCUT2D eigenvalue weighted by molar-refractivity contribution is 0.688. The molecule has 0 aliphatic carbocycles. The van der Waals surface area contributed by atoms with E-state index in [1.807, 2.05) is 42.6 Å². The number of hydrogen-bond acceptors (Lipinski definition) is 1. The Hall–Kier alpha value is -1.73. The summed E-state index contributed by atoms with van der Waals surface area (Å²) in [6, 6.07) is 18.4. The predicted molar refractivity (Wildman–Crippen MR) is 78.5 cm³/mol. The maximum atomic E-state index is 5.84. The second kappa shape index (κ2) is 6.27. The van der Waals surface area contributed by atoms with Gasteiger partial charge in [0.1, 0.15) is 0 Å². The van der Waals surface area contributed by atoms with Crippen molar-refractivity contribution in [2.24, 2.45) is 0 Å². The molecule has 0 unspecified atom stereocenters. The van der Waals surface area contributed by atoms with E-state index in [0.717, 1.165) is 10.6 Å². The van der Waals surface area contributed by atoms with Crippen molar-refractivity contribution in [3.63, 3.8) is 0 Å². The van der Waals surface area contributed by atoms with E-state index >= 15 is 0 Å². The van der Waals surface area contributed by atoms with Crippen molar-refractivity contribution in [1.29, 1.82) is 0 Å². The Morgan fingerprint density at radius 2 is 1.67 bits per heavy atom. The van der Waals surface area contributed by atoms with Gasteiger partial charge in [-0.1, -0.05) is 54.1 Å². The molecule has 2 rings (SSSR count). The van der Waals surface area contributed by atoms with Crippen LogP contribution in [0.4, 0.5) is 0 Å². The van der Waals surface area contributed by atoms with Crippen LogP contribution in [0.3, 0.4) is 0 Å². The molecule has 92 valence electrons. The van der Waals surface area contributed by atoms with Gasteiger partial charge in [-0.15, -0.1) is 0 Å². The summed E-state index contributed by atoms with van der Waals surface area (Å²) in [6.07, 6.45) is 4.01. The predicted octanol–water partition coefficient (Wildman–Crippen LogP) is 4.66. The number of halogens is 1. The standard InChI is InChI=1S/C16H16ClN/c1-13(15-5-3-2-4-6-15)18-12-11-14-7-9-16(17)10-8-14/h2-13,18H,1H3/b12-11+/t13-/m1/s1. The van der Waals surface area contributed by atoms with Crippen molar-refractivity contribution in [3.8, 4) is 0 Å². The molecule has 0 aliphatic rings. The van der Waals surface area contributed by atoms with Crippen LogP contribution in [-0.4, -0.2) is 0 Å². The molecule has 1 atom stereocenters. The maximum Gasteiger partial charge on any atom is 0.0480 e. The third kappa shape index (κ3) is 3.64. The van der Waals surface area contributed by atoms with Crippen LogP contribution >= 0.6 is 11.6 Å². The molecule has 2 aromatic carbocycles. The minimum Gasteiger partial charge on any atom is -0.384 e. The molecule has 2 aromatic rings. The zero-order valence-corrected chi connectivity index (χ0v) is 11.1. The smallest absolute Gasteiger partial charge is 0.0480 e. The van der Waals surface area contributed by atoms with E-state index in [1.54, 1.807) is 0 Å². The van der Waals surface area contributed by atoms with Crippen molar-refractivity contribution >= 4 is 17.7 Å². The first-order valence-corrected chi connectivity index (χ1v) is 6.36. The lowest BCUT2D eigenvalue weighted by Crippen LogP contribution is -2.10. The van der Waals surface area contributed by atoms with Gasteiger partial charge in [-0.25, -0.2) is 0 Å². The zero-order valence-electron chi connectivity index (χ0n) is 10.3. The van der Waals surface area contributed by atoms with Gasteiger partial charge in [0, 0.05) is 11.1 Å². The van der Waals surface area contributed by atoms with E-state index in [4.69, 9.17) is 11.6 Å². The summed E-state index contributed by atoms with van der Waals surface area (Å²) >= 11 is 5.84. The van der Waals surface area contributed by atoms with E-state index in [2.05, 4.69) is 36.5 Å². The number of hydrogen-bond donors (Lipinski definition) is 1. The summed E-state index contributed by atoms with van der Waals surface area (Å²) in [7, 11) is 0. The van der Waals surface area contributed by atoms with Crippen LogP contribution in [0.25, 0.3) is 6.08 Å².